The van der Waals surface area contributed by atoms with E-state index in [9.17, 15) is 5.11 Å². The minimum absolute atomic E-state index is 0.0780. The highest BCUT2D eigenvalue weighted by Gasteiger charge is 2.27. The Morgan fingerprint density at radius 3 is 2.86 bits per heavy atom. The third-order valence-electron chi connectivity index (χ3n) is 3.95. The van der Waals surface area contributed by atoms with Gasteiger partial charge in [-0.05, 0) is 25.5 Å². The minimum atomic E-state index is -0.0894. The van der Waals surface area contributed by atoms with Crippen molar-refractivity contribution in [3.05, 3.63) is 29.3 Å². The summed E-state index contributed by atoms with van der Waals surface area (Å²) in [5, 5.41) is 12.9. The number of ether oxygens (including phenoxy) is 1. The van der Waals surface area contributed by atoms with Gasteiger partial charge in [-0.2, -0.15) is 0 Å². The predicted octanol–water partition coefficient (Wildman–Crippen LogP) is 2.08. The van der Waals surface area contributed by atoms with Gasteiger partial charge >= 0.3 is 0 Å². The Morgan fingerprint density at radius 2 is 2.19 bits per heavy atom. The maximum absolute atomic E-state index is 9.37. The average molecular weight is 292 g/mol. The number of nitrogens with one attached hydrogen (secondary N) is 1. The third-order valence-corrected chi connectivity index (χ3v) is 3.95. The molecule has 1 aliphatic rings. The molecule has 2 rings (SSSR count). The molecule has 0 radical (unpaired) electrons. The molecule has 4 nitrogen and oxygen atoms in total. The van der Waals surface area contributed by atoms with Crippen LogP contribution in [-0.4, -0.2) is 43.1 Å². The molecular formula is C17H28N2O2. The van der Waals surface area contributed by atoms with Gasteiger partial charge in [0.05, 0.1) is 19.3 Å². The van der Waals surface area contributed by atoms with Gasteiger partial charge < -0.3 is 20.1 Å². The molecule has 21 heavy (non-hydrogen) atoms. The fourth-order valence-corrected chi connectivity index (χ4v) is 2.71. The van der Waals surface area contributed by atoms with E-state index in [1.165, 1.54) is 16.8 Å². The Morgan fingerprint density at radius 1 is 1.43 bits per heavy atom. The summed E-state index contributed by atoms with van der Waals surface area (Å²) in [6, 6.07) is 7.40. The van der Waals surface area contributed by atoms with Crippen molar-refractivity contribution in [2.24, 2.45) is 0 Å². The Hall–Kier alpha value is -1.10. The lowest BCUT2D eigenvalue weighted by molar-refractivity contribution is -0.0103. The van der Waals surface area contributed by atoms with E-state index in [-0.39, 0.29) is 12.7 Å². The number of rotatable bonds is 5. The van der Waals surface area contributed by atoms with Gasteiger partial charge in [-0.25, -0.2) is 0 Å². The molecule has 1 aromatic carbocycles. The van der Waals surface area contributed by atoms with Crippen molar-refractivity contribution in [3.8, 4) is 0 Å². The van der Waals surface area contributed by atoms with Gasteiger partial charge in [0.25, 0.3) is 0 Å². The molecule has 1 heterocycles. The average Bonchev–Trinajstić information content (AvgIpc) is 2.46. The fourth-order valence-electron chi connectivity index (χ4n) is 2.71. The first-order valence-corrected chi connectivity index (χ1v) is 7.83. The monoisotopic (exact) mass is 292 g/mol. The number of nitrogens with zero attached hydrogens (tertiary/aromatic N) is 1. The van der Waals surface area contributed by atoms with Crippen LogP contribution in [0.4, 0.5) is 5.69 Å². The van der Waals surface area contributed by atoms with Crippen LogP contribution in [0.15, 0.2) is 18.2 Å². The lowest BCUT2D eigenvalue weighted by Crippen LogP contribution is -2.50. The summed E-state index contributed by atoms with van der Waals surface area (Å²) in [5.74, 6) is 0. The highest BCUT2D eigenvalue weighted by molar-refractivity contribution is 5.56. The van der Waals surface area contributed by atoms with Crippen LogP contribution in [0.1, 0.15) is 31.9 Å². The van der Waals surface area contributed by atoms with Crippen molar-refractivity contribution in [1.82, 2.24) is 5.32 Å². The van der Waals surface area contributed by atoms with Crippen LogP contribution >= 0.6 is 0 Å². The first-order chi connectivity index (χ1) is 10.0. The van der Waals surface area contributed by atoms with Crippen LogP contribution < -0.4 is 10.2 Å². The Kier molecular flexibility index (Phi) is 5.62. The van der Waals surface area contributed by atoms with E-state index in [4.69, 9.17) is 4.74 Å². The lowest BCUT2D eigenvalue weighted by atomic mass is 10.0. The molecule has 1 aromatic rings. The van der Waals surface area contributed by atoms with Crippen molar-refractivity contribution in [2.75, 3.05) is 24.7 Å². The molecule has 0 amide bonds. The van der Waals surface area contributed by atoms with E-state index in [2.05, 4.69) is 56.1 Å². The van der Waals surface area contributed by atoms with Crippen LogP contribution in [0, 0.1) is 6.92 Å². The molecule has 0 bridgehead atoms. The van der Waals surface area contributed by atoms with Gasteiger partial charge in [0.15, 0.2) is 0 Å². The summed E-state index contributed by atoms with van der Waals surface area (Å²) in [5.41, 5.74) is 3.84. The van der Waals surface area contributed by atoms with Gasteiger partial charge in [0.1, 0.15) is 0 Å². The molecule has 4 heteroatoms. The van der Waals surface area contributed by atoms with Gasteiger partial charge in [0, 0.05) is 30.9 Å². The summed E-state index contributed by atoms with van der Waals surface area (Å²) in [6.45, 7) is 11.0. The van der Waals surface area contributed by atoms with E-state index in [0.29, 0.717) is 18.7 Å². The number of hydrogen-bond donors (Lipinski definition) is 2. The Labute approximate surface area is 128 Å². The molecule has 2 N–H and O–H groups in total. The topological polar surface area (TPSA) is 44.7 Å². The van der Waals surface area contributed by atoms with Crippen molar-refractivity contribution in [3.63, 3.8) is 0 Å². The first kappa shape index (κ1) is 16.3. The van der Waals surface area contributed by atoms with E-state index in [1.54, 1.807) is 0 Å². The molecule has 0 spiro atoms. The highest BCUT2D eigenvalue weighted by atomic mass is 16.5. The van der Waals surface area contributed by atoms with Crippen LogP contribution in [0.2, 0.25) is 0 Å². The number of aryl methyl sites for hydroxylation is 1. The van der Waals surface area contributed by atoms with Crippen molar-refractivity contribution in [1.29, 1.82) is 0 Å². The maximum atomic E-state index is 9.37. The summed E-state index contributed by atoms with van der Waals surface area (Å²) in [4.78, 5) is 2.36. The number of anilines is 1. The molecule has 118 valence electrons. The largest absolute Gasteiger partial charge is 0.394 e. The van der Waals surface area contributed by atoms with Crippen LogP contribution in [0.3, 0.4) is 0 Å². The number of benzene rings is 1. The van der Waals surface area contributed by atoms with E-state index in [1.807, 2.05) is 0 Å². The zero-order valence-electron chi connectivity index (χ0n) is 13.6. The van der Waals surface area contributed by atoms with Crippen LogP contribution in [-0.2, 0) is 11.3 Å². The Balaban J connectivity index is 2.24. The van der Waals surface area contributed by atoms with Crippen LogP contribution in [0.25, 0.3) is 0 Å². The summed E-state index contributed by atoms with van der Waals surface area (Å²) >= 11 is 0. The summed E-state index contributed by atoms with van der Waals surface area (Å²) in [7, 11) is 0. The predicted molar refractivity (Wildman–Crippen MR) is 86.8 cm³/mol. The molecule has 0 aromatic heterocycles. The van der Waals surface area contributed by atoms with E-state index < -0.39 is 0 Å². The van der Waals surface area contributed by atoms with Gasteiger partial charge in [-0.3, -0.25) is 0 Å². The van der Waals surface area contributed by atoms with Gasteiger partial charge in [-0.1, -0.05) is 31.5 Å². The maximum Gasteiger partial charge on any atom is 0.0981 e. The van der Waals surface area contributed by atoms with Gasteiger partial charge in [0.2, 0.25) is 0 Å². The zero-order chi connectivity index (χ0) is 15.4. The van der Waals surface area contributed by atoms with E-state index >= 15 is 0 Å². The molecule has 1 aliphatic heterocycles. The standard InChI is InChI=1S/C17H28N2O2/c1-12(2)18-8-15-7-13(3)5-6-17(15)19-9-16(10-20)21-11-14(19)4/h5-7,12,14,16,18,20H,8-11H2,1-4H3. The molecule has 2 unspecified atom stereocenters. The minimum Gasteiger partial charge on any atom is -0.394 e. The van der Waals surface area contributed by atoms with Crippen molar-refractivity contribution >= 4 is 5.69 Å². The molecule has 0 saturated carbocycles. The molecule has 0 aliphatic carbocycles. The molecule has 2 atom stereocenters. The molecular weight excluding hydrogens is 264 g/mol. The number of hydrogen-bond acceptors (Lipinski definition) is 4. The van der Waals surface area contributed by atoms with Crippen LogP contribution in [0.5, 0.6) is 0 Å². The number of aliphatic hydroxyl groups excluding tert-OH is 1. The Bertz CT molecular complexity index is 462. The normalized spacial score (nSPS) is 22.9. The SMILES string of the molecule is Cc1ccc(N2CC(CO)OCC2C)c(CNC(C)C)c1. The first-order valence-electron chi connectivity index (χ1n) is 7.83. The molecule has 1 saturated heterocycles. The smallest absolute Gasteiger partial charge is 0.0981 e. The van der Waals surface area contributed by atoms with Crippen molar-refractivity contribution < 1.29 is 9.84 Å². The summed E-state index contributed by atoms with van der Waals surface area (Å²) in [6.07, 6.45) is -0.0894. The number of aliphatic hydroxyl groups is 1. The quantitative estimate of drug-likeness (QED) is 0.872. The van der Waals surface area contributed by atoms with E-state index in [0.717, 1.165) is 13.1 Å². The number of morpholine rings is 1. The second kappa shape index (κ2) is 7.25. The molecule has 1 fully saturated rings. The second-order valence-corrected chi connectivity index (χ2v) is 6.31. The third kappa shape index (κ3) is 4.19. The fraction of sp³-hybridized carbons (Fsp3) is 0.647. The second-order valence-electron chi connectivity index (χ2n) is 6.31. The highest BCUT2D eigenvalue weighted by Crippen LogP contribution is 2.27. The zero-order valence-corrected chi connectivity index (χ0v) is 13.6. The summed E-state index contributed by atoms with van der Waals surface area (Å²) < 4.78 is 5.65. The van der Waals surface area contributed by atoms with Gasteiger partial charge in [-0.15, -0.1) is 0 Å². The lowest BCUT2D eigenvalue weighted by Gasteiger charge is -2.40. The van der Waals surface area contributed by atoms with Crippen molar-refractivity contribution in [2.45, 2.75) is 52.4 Å².